The Morgan fingerprint density at radius 1 is 0.578 bits per heavy atom. The summed E-state index contributed by atoms with van der Waals surface area (Å²) < 4.78 is 4.58. The summed E-state index contributed by atoms with van der Waals surface area (Å²) in [6.45, 7) is 8.96. The molecule has 9 aromatic rings. The summed E-state index contributed by atoms with van der Waals surface area (Å²) in [4.78, 5) is 14.3. The fourth-order valence-corrected chi connectivity index (χ4v) is 9.89. The van der Waals surface area contributed by atoms with Gasteiger partial charge >= 0.3 is 14.0 Å². The van der Waals surface area contributed by atoms with E-state index >= 15 is 0 Å². The molecule has 0 aliphatic carbocycles. The van der Waals surface area contributed by atoms with Crippen LogP contribution in [-0.4, -0.2) is 52.1 Å². The molecule has 7 aromatic carbocycles. The summed E-state index contributed by atoms with van der Waals surface area (Å²) in [7, 11) is 4.29. The molecule has 1 N–H and O–H groups in total. The molecule has 317 valence electrons. The van der Waals surface area contributed by atoms with E-state index in [1.165, 1.54) is 44.3 Å². The molecule has 64 heavy (non-hydrogen) atoms. The zero-order valence-electron chi connectivity index (χ0n) is 36.9. The van der Waals surface area contributed by atoms with E-state index in [9.17, 15) is 5.11 Å². The van der Waals surface area contributed by atoms with E-state index in [2.05, 4.69) is 200 Å². The first-order chi connectivity index (χ1) is 30.7. The molecule has 0 spiro atoms. The van der Waals surface area contributed by atoms with Crippen LogP contribution in [0.4, 0.5) is 11.4 Å². The average Bonchev–Trinajstić information content (AvgIpc) is 3.96. The second-order valence-corrected chi connectivity index (χ2v) is 17.2. The van der Waals surface area contributed by atoms with Crippen molar-refractivity contribution in [1.82, 2.24) is 18.9 Å². The first-order valence-corrected chi connectivity index (χ1v) is 21.9. The van der Waals surface area contributed by atoms with E-state index in [4.69, 9.17) is 9.97 Å². The van der Waals surface area contributed by atoms with Gasteiger partial charge in [0.15, 0.2) is 0 Å². The van der Waals surface area contributed by atoms with Crippen molar-refractivity contribution in [2.75, 3.05) is 23.7 Å². The average molecular weight is 1010 g/mol. The van der Waals surface area contributed by atoms with Crippen molar-refractivity contribution in [3.05, 3.63) is 187 Å². The van der Waals surface area contributed by atoms with Gasteiger partial charge in [0.05, 0.1) is 16.6 Å². The van der Waals surface area contributed by atoms with Gasteiger partial charge < -0.3 is 23.7 Å². The number of phenols is 1. The number of nitrogens with zero attached hydrogens (tertiary/aromatic N) is 6. The molecule has 0 atom stereocenters. The van der Waals surface area contributed by atoms with Gasteiger partial charge in [-0.3, -0.25) is 4.98 Å². The Hall–Kier alpha value is -6.60. The van der Waals surface area contributed by atoms with Crippen LogP contribution >= 0.6 is 0 Å². The van der Waals surface area contributed by atoms with Gasteiger partial charge in [-0.05, 0) is 94.5 Å². The number of hydrogen-bond donors (Lipinski definition) is 1. The van der Waals surface area contributed by atoms with E-state index in [0.717, 1.165) is 45.2 Å². The van der Waals surface area contributed by atoms with Gasteiger partial charge in [0, 0.05) is 44.0 Å². The van der Waals surface area contributed by atoms with Gasteiger partial charge in [0.1, 0.15) is 11.6 Å². The summed E-state index contributed by atoms with van der Waals surface area (Å²) >= 11 is 0. The Bertz CT molecular complexity index is 3030. The molecule has 0 saturated heterocycles. The van der Waals surface area contributed by atoms with Crippen molar-refractivity contribution >= 4 is 47.3 Å². The minimum atomic E-state index is -0.0484. The van der Waals surface area contributed by atoms with Crippen LogP contribution in [0.15, 0.2) is 170 Å². The van der Waals surface area contributed by atoms with Crippen molar-refractivity contribution in [2.24, 2.45) is 0 Å². The molecule has 10 heteroatoms. The van der Waals surface area contributed by atoms with Crippen LogP contribution in [-0.2, 0) is 20.1 Å². The topological polar surface area (TPSA) is 62.4 Å². The standard InChI is InChI=1S/C28H21BN3.C26H28BN3O.Ir/c1-31-26-18-9-8-15-25(26)28-30-19-20-32(28)29(31)27-23(21-11-4-2-5-12-21)16-10-17-24(27)22-13-6-3-7-14-22;1-16(2)18-10-8-11-19(17(3)4)25(18)27-29(5)22-14-9-15-23(31)24(22)26-28-20-12-6-7-13-21(20)30(26)27;/h2-14,16-20H,1H3;6-17,31H,1-5H3;/q-1;;. The Morgan fingerprint density at radius 3 is 1.81 bits per heavy atom. The van der Waals surface area contributed by atoms with Crippen molar-refractivity contribution < 1.29 is 25.2 Å². The van der Waals surface area contributed by atoms with Crippen LogP contribution in [0.2, 0.25) is 0 Å². The van der Waals surface area contributed by atoms with E-state index < -0.39 is 0 Å². The Kier molecular flexibility index (Phi) is 11.7. The number of fused-ring (bicyclic) bond motifs is 8. The number of rotatable bonds is 6. The van der Waals surface area contributed by atoms with Crippen molar-refractivity contribution in [1.29, 1.82) is 0 Å². The molecule has 0 saturated carbocycles. The second kappa shape index (κ2) is 17.5. The Labute approximate surface area is 390 Å². The largest absolute Gasteiger partial charge is 0.507 e. The summed E-state index contributed by atoms with van der Waals surface area (Å²) in [5, 5.41) is 10.8. The molecule has 2 aliphatic rings. The molecule has 2 aliphatic heterocycles. The fraction of sp³-hybridized carbons (Fsp3) is 0.148. The van der Waals surface area contributed by atoms with Crippen molar-refractivity contribution in [3.63, 3.8) is 0 Å². The van der Waals surface area contributed by atoms with Gasteiger partial charge in [0.25, 0.3) is 0 Å². The van der Waals surface area contributed by atoms with E-state index in [-0.39, 0.29) is 39.8 Å². The number of aromatic hydroxyl groups is 1. The Morgan fingerprint density at radius 2 is 1.16 bits per heavy atom. The van der Waals surface area contributed by atoms with Crippen LogP contribution in [0.25, 0.3) is 56.1 Å². The number of para-hydroxylation sites is 2. The maximum absolute atomic E-state index is 10.8. The number of benzene rings is 7. The number of hydrogen-bond acceptors (Lipinski definition) is 5. The molecule has 0 bridgehead atoms. The zero-order chi connectivity index (χ0) is 43.4. The molecule has 0 amide bonds. The van der Waals surface area contributed by atoms with Gasteiger partial charge in [-0.15, -0.1) is 24.3 Å². The van der Waals surface area contributed by atoms with Gasteiger partial charge in [-0.2, -0.15) is 0 Å². The normalized spacial score (nSPS) is 12.6. The summed E-state index contributed by atoms with van der Waals surface area (Å²) in [6.07, 6.45) is 3.97. The minimum Gasteiger partial charge on any atom is -0.507 e. The maximum atomic E-state index is 10.8. The van der Waals surface area contributed by atoms with Crippen LogP contribution in [0.1, 0.15) is 50.7 Å². The zero-order valence-corrected chi connectivity index (χ0v) is 39.3. The monoisotopic (exact) mass is 1010 g/mol. The molecule has 0 fully saturated rings. The van der Waals surface area contributed by atoms with Crippen molar-refractivity contribution in [2.45, 2.75) is 39.5 Å². The van der Waals surface area contributed by atoms with Gasteiger partial charge in [-0.1, -0.05) is 154 Å². The molecule has 11 rings (SSSR count). The predicted octanol–water partition coefficient (Wildman–Crippen LogP) is 10.7. The number of phenolic OH excluding ortho intramolecular Hbond substituents is 1. The molecule has 0 unspecified atom stereocenters. The summed E-state index contributed by atoms with van der Waals surface area (Å²) in [6, 6.07) is 58.2. The van der Waals surface area contributed by atoms with Crippen LogP contribution in [0.3, 0.4) is 0 Å². The molecule has 2 aromatic heterocycles. The predicted molar refractivity (Wildman–Crippen MR) is 264 cm³/mol. The smallest absolute Gasteiger partial charge is 0.417 e. The van der Waals surface area contributed by atoms with Gasteiger partial charge in [-0.25, -0.2) is 4.98 Å². The molecule has 1 radical (unpaired) electrons. The van der Waals surface area contributed by atoms with Crippen LogP contribution in [0.5, 0.6) is 5.75 Å². The third kappa shape index (κ3) is 7.15. The second-order valence-electron chi connectivity index (χ2n) is 17.2. The molecular formula is C54H49B2IrN6O-. The van der Waals surface area contributed by atoms with E-state index in [0.29, 0.717) is 11.8 Å². The number of anilines is 2. The molecular weight excluding hydrogens is 962 g/mol. The summed E-state index contributed by atoms with van der Waals surface area (Å²) in [5.41, 5.74) is 16.2. The third-order valence-electron chi connectivity index (χ3n) is 12.8. The molecule has 4 heterocycles. The first-order valence-electron chi connectivity index (χ1n) is 21.9. The number of imidazole rings is 2. The summed E-state index contributed by atoms with van der Waals surface area (Å²) in [5.74, 6) is 2.83. The number of aromatic nitrogens is 4. The van der Waals surface area contributed by atoms with E-state index in [1.807, 2.05) is 30.5 Å². The minimum absolute atomic E-state index is 0. The maximum Gasteiger partial charge on any atom is 0.417 e. The van der Waals surface area contributed by atoms with E-state index in [1.54, 1.807) is 6.07 Å². The third-order valence-corrected chi connectivity index (χ3v) is 12.8. The first kappa shape index (κ1) is 42.7. The van der Waals surface area contributed by atoms with Gasteiger partial charge in [0.2, 0.25) is 0 Å². The van der Waals surface area contributed by atoms with Crippen molar-refractivity contribution in [3.8, 4) is 50.8 Å². The van der Waals surface area contributed by atoms with Crippen LogP contribution in [0, 0.1) is 6.07 Å². The Balaban J connectivity index is 0.000000160. The quantitative estimate of drug-likeness (QED) is 0.133. The van der Waals surface area contributed by atoms with Crippen LogP contribution < -0.4 is 20.5 Å². The molecule has 7 nitrogen and oxygen atoms in total. The SMILES string of the molecule is CC(C)c1cccc(C(C)C)c1B1N(C)c2cccc(O)c2-c2nc3ccccc3n21.CN1B(c2c(-c3ccccc3)cccc2-c2ccccc2)n2ccnc2-c2[c-]cccc21.[Ir]. The fourth-order valence-electron chi connectivity index (χ4n) is 9.89.